The molecule has 4 N–H and O–H groups in total. The van der Waals surface area contributed by atoms with Crippen molar-refractivity contribution in [2.75, 3.05) is 34.5 Å². The molecule has 0 bridgehead atoms. The fourth-order valence-corrected chi connectivity index (χ4v) is 6.81. The minimum Gasteiger partial charge on any atom is -0.488 e. The molecule has 5 aromatic carbocycles. The van der Waals surface area contributed by atoms with E-state index in [-0.39, 0.29) is 80.4 Å². The molecule has 0 aliphatic carbocycles. The van der Waals surface area contributed by atoms with Crippen molar-refractivity contribution in [1.82, 2.24) is 0 Å². The summed E-state index contributed by atoms with van der Waals surface area (Å²) < 4.78 is 11.7. The number of carbonyl (C=O) groups excluding carboxylic acids is 6. The number of halogens is 4. The Kier molecular flexibility index (Phi) is 18.3. The quantitative estimate of drug-likeness (QED) is 0.0333. The number of hydrogen-bond acceptors (Lipinski definition) is 12. The van der Waals surface area contributed by atoms with Crippen molar-refractivity contribution in [1.29, 1.82) is 0 Å². The van der Waals surface area contributed by atoms with E-state index < -0.39 is 47.3 Å². The zero-order valence-corrected chi connectivity index (χ0v) is 38.8. The summed E-state index contributed by atoms with van der Waals surface area (Å²) in [6, 6.07) is 21.8. The molecule has 2 unspecified atom stereocenters. The summed E-state index contributed by atoms with van der Waals surface area (Å²) in [5.74, 6) is -3.67. The molecule has 0 aromatic heterocycles. The molecular weight excluding hydrogens is 934 g/mol. The molecule has 0 heterocycles. The first kappa shape index (κ1) is 50.3. The number of anilines is 4. The molecule has 0 fully saturated rings. The van der Waals surface area contributed by atoms with Gasteiger partial charge in [0.1, 0.15) is 0 Å². The van der Waals surface area contributed by atoms with E-state index in [0.717, 1.165) is 25.0 Å². The number of ketones is 2. The van der Waals surface area contributed by atoms with Crippen molar-refractivity contribution in [3.63, 3.8) is 0 Å². The lowest BCUT2D eigenvalue weighted by Crippen LogP contribution is -2.32. The Morgan fingerprint density at radius 3 is 1.29 bits per heavy atom. The predicted molar refractivity (Wildman–Crippen MR) is 255 cm³/mol. The molecule has 5 rings (SSSR count). The average molecular weight is 977 g/mol. The average Bonchev–Trinajstić information content (AvgIpc) is 3.27. The van der Waals surface area contributed by atoms with Gasteiger partial charge >= 0.3 is 0 Å². The third kappa shape index (κ3) is 13.9. The van der Waals surface area contributed by atoms with E-state index in [0.29, 0.717) is 11.4 Å². The first-order valence-electron chi connectivity index (χ1n) is 20.0. The summed E-state index contributed by atoms with van der Waals surface area (Å²) in [5.41, 5.74) is 3.13. The number of alkyl halides is 2. The number of Topliss-reactive ketones (excluding diaryl/α,β-unsaturated/α-hetero) is 2. The lowest BCUT2D eigenvalue weighted by molar-refractivity contribution is -0.127. The van der Waals surface area contributed by atoms with Gasteiger partial charge in [-0.15, -0.1) is 23.2 Å². The largest absolute Gasteiger partial charge is 0.488 e. The highest BCUT2D eigenvalue weighted by atomic mass is 35.5. The van der Waals surface area contributed by atoms with Gasteiger partial charge in [-0.2, -0.15) is 20.5 Å². The zero-order valence-electron chi connectivity index (χ0n) is 35.8. The second-order valence-electron chi connectivity index (χ2n) is 14.1. The van der Waals surface area contributed by atoms with Crippen LogP contribution in [0.2, 0.25) is 10.0 Å². The Bertz CT molecular complexity index is 2530. The van der Waals surface area contributed by atoms with E-state index in [2.05, 4.69) is 41.7 Å². The lowest BCUT2D eigenvalue weighted by atomic mass is 10.1. The fraction of sp³-hybridized carbons (Fsp3) is 0.217. The number of hydrogen-bond donors (Lipinski definition) is 4. The molecule has 2 atom stereocenters. The first-order chi connectivity index (χ1) is 31.6. The van der Waals surface area contributed by atoms with E-state index >= 15 is 0 Å². The number of rotatable bonds is 20. The van der Waals surface area contributed by atoms with Crippen molar-refractivity contribution >= 4 is 116 Å². The Balaban J connectivity index is 1.34. The maximum Gasteiger partial charge on any atom is 0.258 e. The van der Waals surface area contributed by atoms with Crippen molar-refractivity contribution in [3.8, 4) is 11.5 Å². The number of carbonyl (C=O) groups is 6. The van der Waals surface area contributed by atoms with Crippen LogP contribution in [0.1, 0.15) is 59.5 Å². The van der Waals surface area contributed by atoms with Crippen molar-refractivity contribution in [2.45, 2.75) is 51.5 Å². The van der Waals surface area contributed by atoms with E-state index in [1.165, 1.54) is 48.5 Å². The first-order valence-corrected chi connectivity index (χ1v) is 21.9. The lowest BCUT2D eigenvalue weighted by Gasteiger charge is -2.20. The minimum absolute atomic E-state index is 0.0214. The Morgan fingerprint density at radius 2 is 0.939 bits per heavy atom. The second kappa shape index (κ2) is 24.0. The molecule has 342 valence electrons. The van der Waals surface area contributed by atoms with Crippen LogP contribution in [-0.2, 0) is 30.9 Å². The molecule has 0 spiro atoms. The van der Waals surface area contributed by atoms with E-state index in [9.17, 15) is 28.8 Å². The fourth-order valence-electron chi connectivity index (χ4n) is 6.02. The predicted octanol–water partition coefficient (Wildman–Crippen LogP) is 11.1. The summed E-state index contributed by atoms with van der Waals surface area (Å²) in [6.45, 7) is 5.79. The number of azo groups is 2. The van der Waals surface area contributed by atoms with Gasteiger partial charge in [-0.1, -0.05) is 47.5 Å². The highest BCUT2D eigenvalue weighted by Crippen LogP contribution is 2.42. The zero-order chi connectivity index (χ0) is 47.9. The second-order valence-corrected chi connectivity index (χ2v) is 15.5. The Labute approximate surface area is 399 Å². The van der Waals surface area contributed by atoms with Gasteiger partial charge in [-0.05, 0) is 112 Å². The van der Waals surface area contributed by atoms with Crippen molar-refractivity contribution in [2.24, 2.45) is 20.5 Å². The maximum atomic E-state index is 13.7. The molecule has 5 aromatic rings. The van der Waals surface area contributed by atoms with Crippen LogP contribution in [0.3, 0.4) is 0 Å². The van der Waals surface area contributed by atoms with Crippen molar-refractivity contribution < 1.29 is 38.2 Å². The summed E-state index contributed by atoms with van der Waals surface area (Å²) in [6.07, 6.45) is 0. The minimum atomic E-state index is -1.66. The normalized spacial score (nSPS) is 12.0. The number of nitrogens with zero attached hydrogens (tertiary/aromatic N) is 4. The Morgan fingerprint density at radius 1 is 0.545 bits per heavy atom. The molecule has 0 aliphatic heterocycles. The van der Waals surface area contributed by atoms with E-state index in [1.807, 2.05) is 12.1 Å². The summed E-state index contributed by atoms with van der Waals surface area (Å²) in [4.78, 5) is 79.0. The molecule has 0 radical (unpaired) electrons. The molecule has 20 heteroatoms. The number of nitrogens with one attached hydrogen (secondary N) is 4. The highest BCUT2D eigenvalue weighted by Gasteiger charge is 2.29. The van der Waals surface area contributed by atoms with Crippen LogP contribution in [0, 0.1) is 0 Å². The van der Waals surface area contributed by atoms with Crippen LogP contribution in [0.5, 0.6) is 11.5 Å². The van der Waals surface area contributed by atoms with Crippen LogP contribution in [0.4, 0.5) is 34.1 Å². The highest BCUT2D eigenvalue weighted by molar-refractivity contribution is 6.31. The SMILES string of the molecule is CCOc1c(NC(=O)C(N=Nc2cc(Cl)cc(C(=O)Nc3cccc(CCl)c3)c2)C(C)=O)ccc(NC(=O)C(N=Nc2cc(Cl)cc(C(=O)Nc3cccc(CCl)c3)c2)C(C)=O)c1OCC. The maximum absolute atomic E-state index is 13.7. The number of ether oxygens (including phenoxy) is 2. The van der Waals surface area contributed by atoms with Gasteiger partial charge in [-0.25, -0.2) is 0 Å². The molecule has 66 heavy (non-hydrogen) atoms. The van der Waals surface area contributed by atoms with Gasteiger partial charge in [0.25, 0.3) is 23.6 Å². The van der Waals surface area contributed by atoms with Gasteiger partial charge in [0, 0.05) is 44.3 Å². The molecule has 16 nitrogen and oxygen atoms in total. The van der Waals surface area contributed by atoms with E-state index in [1.54, 1.807) is 50.2 Å². The van der Waals surface area contributed by atoms with Gasteiger partial charge in [0.15, 0.2) is 23.1 Å². The number of amides is 4. The van der Waals surface area contributed by atoms with Crippen LogP contribution in [-0.4, -0.2) is 60.5 Å². The third-order valence-electron chi connectivity index (χ3n) is 9.02. The smallest absolute Gasteiger partial charge is 0.258 e. The standard InChI is InChI=1S/C46H42Cl4N8O8/c1-5-65-41-37(53-45(63)39(25(3)59)57-55-35-19-29(17-31(49)21-35)43(61)51-33-11-7-9-27(15-33)23-47)13-14-38(42(41)66-6-2)54-46(64)40(26(4)60)58-56-36-20-30(18-32(50)22-36)44(62)52-34-12-8-10-28(16-34)24-48/h7-22,39-40H,5-6,23-24H2,1-4H3,(H,51,61)(H,52,62)(H,53,63)(H,54,64). The molecule has 4 amide bonds. The summed E-state index contributed by atoms with van der Waals surface area (Å²) >= 11 is 24.5. The Hall–Kier alpha value is -6.72. The van der Waals surface area contributed by atoms with Crippen LogP contribution in [0.25, 0.3) is 0 Å². The topological polar surface area (TPSA) is 218 Å². The van der Waals surface area contributed by atoms with Gasteiger partial charge in [0.2, 0.25) is 12.1 Å². The third-order valence-corrected chi connectivity index (χ3v) is 10.1. The van der Waals surface area contributed by atoms with Gasteiger partial charge < -0.3 is 30.7 Å². The molecule has 0 saturated heterocycles. The monoisotopic (exact) mass is 974 g/mol. The summed E-state index contributed by atoms with van der Waals surface area (Å²) in [5, 5.41) is 27.2. The number of benzene rings is 5. The molecule has 0 saturated carbocycles. The van der Waals surface area contributed by atoms with E-state index in [4.69, 9.17) is 55.9 Å². The van der Waals surface area contributed by atoms with Gasteiger partial charge in [-0.3, -0.25) is 28.8 Å². The van der Waals surface area contributed by atoms with Crippen molar-refractivity contribution in [3.05, 3.63) is 129 Å². The van der Waals surface area contributed by atoms with Crippen LogP contribution in [0.15, 0.2) is 118 Å². The molecule has 0 aliphatic rings. The van der Waals surface area contributed by atoms with Crippen LogP contribution >= 0.6 is 46.4 Å². The van der Waals surface area contributed by atoms with Gasteiger partial charge in [0.05, 0.1) is 36.0 Å². The summed E-state index contributed by atoms with van der Waals surface area (Å²) in [7, 11) is 0. The molecular formula is C46H42Cl4N8O8. The van der Waals surface area contributed by atoms with Crippen LogP contribution < -0.4 is 30.7 Å².